The first-order valence-electron chi connectivity index (χ1n) is 11.6. The molecule has 2 aliphatic heterocycles. The van der Waals surface area contributed by atoms with Crippen molar-refractivity contribution in [3.8, 4) is 0 Å². The number of halogens is 1. The Morgan fingerprint density at radius 2 is 1.86 bits per heavy atom. The molecule has 35 heavy (non-hydrogen) atoms. The van der Waals surface area contributed by atoms with Gasteiger partial charge in [0.2, 0.25) is 0 Å². The minimum atomic E-state index is -1.07. The summed E-state index contributed by atoms with van der Waals surface area (Å²) >= 11 is 6.22. The highest BCUT2D eigenvalue weighted by molar-refractivity contribution is 6.31. The van der Waals surface area contributed by atoms with Crippen LogP contribution in [-0.2, 0) is 23.9 Å². The van der Waals surface area contributed by atoms with Crippen LogP contribution < -0.4 is 10.2 Å². The van der Waals surface area contributed by atoms with E-state index < -0.39 is 29.7 Å². The third-order valence-electron chi connectivity index (χ3n) is 5.94. The van der Waals surface area contributed by atoms with E-state index in [1.165, 1.54) is 6.92 Å². The Morgan fingerprint density at radius 3 is 2.54 bits per heavy atom. The molecule has 3 atom stereocenters. The van der Waals surface area contributed by atoms with E-state index in [-0.39, 0.29) is 11.8 Å². The van der Waals surface area contributed by atoms with Gasteiger partial charge in [0.25, 0.3) is 5.91 Å². The van der Waals surface area contributed by atoms with Crippen molar-refractivity contribution >= 4 is 40.8 Å². The molecule has 2 aromatic rings. The zero-order chi connectivity index (χ0) is 25.3. The minimum absolute atomic E-state index is 0.0989. The summed E-state index contributed by atoms with van der Waals surface area (Å²) in [6.45, 7) is 7.18. The van der Waals surface area contributed by atoms with Gasteiger partial charge < -0.3 is 19.7 Å². The van der Waals surface area contributed by atoms with Crippen molar-refractivity contribution in [2.45, 2.75) is 57.8 Å². The molecule has 4 rings (SSSR count). The van der Waals surface area contributed by atoms with Crippen LogP contribution in [0.5, 0.6) is 0 Å². The summed E-state index contributed by atoms with van der Waals surface area (Å²) in [5, 5.41) is 3.68. The van der Waals surface area contributed by atoms with Crippen LogP contribution in [0.3, 0.4) is 0 Å². The summed E-state index contributed by atoms with van der Waals surface area (Å²) in [6.07, 6.45) is 1.15. The first-order chi connectivity index (χ1) is 16.5. The van der Waals surface area contributed by atoms with Gasteiger partial charge in [0.1, 0.15) is 11.6 Å². The van der Waals surface area contributed by atoms with E-state index in [9.17, 15) is 14.4 Å². The fourth-order valence-corrected chi connectivity index (χ4v) is 4.52. The Kier molecular flexibility index (Phi) is 6.90. The van der Waals surface area contributed by atoms with Gasteiger partial charge >= 0.3 is 11.9 Å². The van der Waals surface area contributed by atoms with Gasteiger partial charge in [-0.05, 0) is 63.9 Å². The normalized spacial score (nSPS) is 20.4. The van der Waals surface area contributed by atoms with Crippen LogP contribution in [0.15, 0.2) is 60.2 Å². The molecule has 0 radical (unpaired) electrons. The summed E-state index contributed by atoms with van der Waals surface area (Å²) < 4.78 is 10.8. The van der Waals surface area contributed by atoms with E-state index in [4.69, 9.17) is 21.1 Å². The molecule has 0 unspecified atom stereocenters. The lowest BCUT2D eigenvalue weighted by Crippen LogP contribution is -2.41. The average molecular weight is 497 g/mol. The first-order valence-corrected chi connectivity index (χ1v) is 12.0. The second kappa shape index (κ2) is 9.74. The largest absolute Gasteiger partial charge is 0.457 e. The number of esters is 2. The van der Waals surface area contributed by atoms with Crippen LogP contribution in [0, 0.1) is 0 Å². The quantitative estimate of drug-likeness (QED) is 0.595. The molecule has 184 valence electrons. The van der Waals surface area contributed by atoms with E-state index in [0.717, 1.165) is 11.3 Å². The number of carbonyl (C=O) groups is 3. The van der Waals surface area contributed by atoms with E-state index in [0.29, 0.717) is 29.2 Å². The molecule has 0 saturated heterocycles. The molecule has 2 aliphatic rings. The smallest absolute Gasteiger partial charge is 0.347 e. The van der Waals surface area contributed by atoms with Gasteiger partial charge in [0.15, 0.2) is 6.10 Å². The number of nitrogens with one attached hydrogen (secondary N) is 1. The van der Waals surface area contributed by atoms with Gasteiger partial charge in [-0.1, -0.05) is 41.9 Å². The fourth-order valence-electron chi connectivity index (χ4n) is 4.34. The molecule has 0 spiro atoms. The number of para-hydroxylation sites is 1. The minimum Gasteiger partial charge on any atom is -0.457 e. The van der Waals surface area contributed by atoms with Crippen molar-refractivity contribution in [2.75, 3.05) is 16.8 Å². The number of benzene rings is 2. The van der Waals surface area contributed by atoms with Crippen molar-refractivity contribution in [3.63, 3.8) is 0 Å². The molecule has 0 saturated carbocycles. The van der Waals surface area contributed by atoms with E-state index >= 15 is 0 Å². The lowest BCUT2D eigenvalue weighted by Gasteiger charge is -2.33. The molecule has 0 fully saturated rings. The van der Waals surface area contributed by atoms with Gasteiger partial charge in [0.05, 0.1) is 0 Å². The van der Waals surface area contributed by atoms with Gasteiger partial charge in [-0.25, -0.2) is 9.59 Å². The first kappa shape index (κ1) is 24.8. The van der Waals surface area contributed by atoms with Crippen molar-refractivity contribution in [1.29, 1.82) is 0 Å². The number of carbonyl (C=O) groups excluding carboxylic acids is 3. The zero-order valence-electron chi connectivity index (χ0n) is 20.2. The highest BCUT2D eigenvalue weighted by Gasteiger charge is 2.39. The molecule has 8 heteroatoms. The lowest BCUT2D eigenvalue weighted by molar-refractivity contribution is -0.174. The van der Waals surface area contributed by atoms with Crippen molar-refractivity contribution in [1.82, 2.24) is 0 Å². The van der Waals surface area contributed by atoms with E-state index in [1.807, 2.05) is 42.5 Å². The van der Waals surface area contributed by atoms with Crippen LogP contribution >= 0.6 is 11.6 Å². The topological polar surface area (TPSA) is 84.9 Å². The van der Waals surface area contributed by atoms with Gasteiger partial charge in [-0.15, -0.1) is 0 Å². The number of ether oxygens (including phenoxy) is 2. The number of hydrogen-bond donors (Lipinski definition) is 1. The number of fused-ring (bicyclic) bond motifs is 1. The number of nitrogens with zero attached hydrogens (tertiary/aromatic N) is 1. The van der Waals surface area contributed by atoms with Crippen LogP contribution in [0.25, 0.3) is 0 Å². The Labute approximate surface area is 210 Å². The Hall–Kier alpha value is -3.32. The number of rotatable bonds is 5. The number of anilines is 2. The van der Waals surface area contributed by atoms with Crippen LogP contribution in [0.4, 0.5) is 11.4 Å². The Morgan fingerprint density at radius 1 is 1.14 bits per heavy atom. The third kappa shape index (κ3) is 5.51. The Bertz CT molecular complexity index is 1170. The van der Waals surface area contributed by atoms with Crippen LogP contribution in [-0.4, -0.2) is 42.1 Å². The van der Waals surface area contributed by atoms with Crippen molar-refractivity contribution < 1.29 is 23.9 Å². The highest BCUT2D eigenvalue weighted by Crippen LogP contribution is 2.42. The molecular formula is C27H29ClN2O5. The van der Waals surface area contributed by atoms with Gasteiger partial charge in [-0.2, -0.15) is 0 Å². The molecule has 2 heterocycles. The monoisotopic (exact) mass is 496 g/mol. The maximum Gasteiger partial charge on any atom is 0.347 e. The van der Waals surface area contributed by atoms with Gasteiger partial charge in [-0.3, -0.25) is 4.79 Å². The number of hydrogen-bond acceptors (Lipinski definition) is 6. The standard InChI is InChI=1S/C27H29ClN2O5/c1-16(25(32)35-27(2,3)4)34-26(33)23-15-21(19-11-10-17(28)14-22(19)29-23)20-12-13-30(24(20)31)18-8-6-5-7-9-18/h5-12,14,16,21,23,29H,13,15H2,1-4H3/t16-,21+,23-/m1/s1. The maximum absolute atomic E-state index is 13.4. The van der Waals surface area contributed by atoms with E-state index in [1.54, 1.807) is 37.8 Å². The van der Waals surface area contributed by atoms with Gasteiger partial charge in [0, 0.05) is 34.4 Å². The summed E-state index contributed by atoms with van der Waals surface area (Å²) in [5.41, 5.74) is 2.29. The summed E-state index contributed by atoms with van der Waals surface area (Å²) in [4.78, 5) is 40.5. The second-order valence-corrected chi connectivity index (χ2v) is 10.2. The number of amides is 1. The maximum atomic E-state index is 13.4. The predicted octanol–water partition coefficient (Wildman–Crippen LogP) is 4.85. The fraction of sp³-hybridized carbons (Fsp3) is 0.370. The zero-order valence-corrected chi connectivity index (χ0v) is 21.0. The molecule has 2 aromatic carbocycles. The second-order valence-electron chi connectivity index (χ2n) is 9.74. The van der Waals surface area contributed by atoms with Crippen molar-refractivity contribution in [3.05, 3.63) is 70.8 Å². The average Bonchev–Trinajstić information content (AvgIpc) is 3.18. The van der Waals surface area contributed by atoms with Crippen molar-refractivity contribution in [2.24, 2.45) is 0 Å². The summed E-state index contributed by atoms with van der Waals surface area (Å²) in [6, 6.07) is 14.1. The van der Waals surface area contributed by atoms with E-state index in [2.05, 4.69) is 5.32 Å². The molecule has 0 bridgehead atoms. The molecule has 0 aromatic heterocycles. The predicted molar refractivity (Wildman–Crippen MR) is 134 cm³/mol. The molecule has 1 N–H and O–H groups in total. The molecule has 7 nitrogen and oxygen atoms in total. The highest BCUT2D eigenvalue weighted by atomic mass is 35.5. The summed E-state index contributed by atoms with van der Waals surface area (Å²) in [5.74, 6) is -1.64. The summed E-state index contributed by atoms with van der Waals surface area (Å²) in [7, 11) is 0. The molecule has 1 amide bonds. The molecular weight excluding hydrogens is 468 g/mol. The molecule has 0 aliphatic carbocycles. The SMILES string of the molecule is C[C@@H](OC(=O)[C@H]1C[C@H](C2=CCN(c3ccccc3)C2=O)c2ccc(Cl)cc2N1)C(=O)OC(C)(C)C. The van der Waals surface area contributed by atoms with Crippen LogP contribution in [0.1, 0.15) is 45.6 Å². The third-order valence-corrected chi connectivity index (χ3v) is 6.17. The van der Waals surface area contributed by atoms with Crippen LogP contribution in [0.2, 0.25) is 5.02 Å². The Balaban J connectivity index is 1.55. The lowest BCUT2D eigenvalue weighted by atomic mass is 9.81.